The number of hydrogen-bond acceptors (Lipinski definition) is 5. The summed E-state index contributed by atoms with van der Waals surface area (Å²) < 4.78 is 0. The number of hydrogen-bond donors (Lipinski definition) is 1. The number of rotatable bonds is 4. The lowest BCUT2D eigenvalue weighted by Crippen LogP contribution is -2.51. The van der Waals surface area contributed by atoms with Gasteiger partial charge >= 0.3 is 5.97 Å². The molecule has 0 spiro atoms. The summed E-state index contributed by atoms with van der Waals surface area (Å²) in [7, 11) is 0. The number of para-hydroxylation sites is 2. The number of nitro groups is 1. The first kappa shape index (κ1) is 18.2. The fourth-order valence-corrected chi connectivity index (χ4v) is 3.95. The van der Waals surface area contributed by atoms with Crippen LogP contribution in [0.1, 0.15) is 25.7 Å². The predicted molar refractivity (Wildman–Crippen MR) is 95.0 cm³/mol. The predicted octanol–water partition coefficient (Wildman–Crippen LogP) is 2.13. The van der Waals surface area contributed by atoms with Gasteiger partial charge in [-0.1, -0.05) is 18.6 Å². The van der Waals surface area contributed by atoms with Crippen molar-refractivity contribution in [3.63, 3.8) is 0 Å². The maximum Gasteiger partial charge on any atom is 0.306 e. The van der Waals surface area contributed by atoms with Crippen molar-refractivity contribution in [3.05, 3.63) is 34.4 Å². The van der Waals surface area contributed by atoms with E-state index in [9.17, 15) is 24.8 Å². The van der Waals surface area contributed by atoms with Gasteiger partial charge in [0.2, 0.25) is 5.91 Å². The molecule has 3 rings (SSSR count). The SMILES string of the molecule is O=C(O)C1CCCC(C(=O)N2CCN(c3ccccc3[N+](=O)[O-])CC2)C1. The van der Waals surface area contributed by atoms with Crippen molar-refractivity contribution >= 4 is 23.3 Å². The van der Waals surface area contributed by atoms with E-state index in [1.807, 2.05) is 4.90 Å². The fraction of sp³-hybridized carbons (Fsp3) is 0.556. The molecule has 1 N–H and O–H groups in total. The highest BCUT2D eigenvalue weighted by Crippen LogP contribution is 2.32. The molecule has 1 aromatic rings. The zero-order chi connectivity index (χ0) is 18.7. The molecule has 2 aliphatic rings. The van der Waals surface area contributed by atoms with Crippen molar-refractivity contribution in [3.8, 4) is 0 Å². The Balaban J connectivity index is 1.61. The molecule has 1 saturated carbocycles. The molecule has 1 aromatic carbocycles. The Morgan fingerprint density at radius 3 is 2.38 bits per heavy atom. The molecule has 1 aliphatic heterocycles. The number of amides is 1. The molecule has 8 heteroatoms. The van der Waals surface area contributed by atoms with Crippen molar-refractivity contribution < 1.29 is 19.6 Å². The van der Waals surface area contributed by atoms with Crippen LogP contribution in [0.15, 0.2) is 24.3 Å². The molecule has 0 aromatic heterocycles. The average Bonchev–Trinajstić information content (AvgIpc) is 2.67. The normalized spacial score (nSPS) is 23.5. The summed E-state index contributed by atoms with van der Waals surface area (Å²) in [6.07, 6.45) is 2.57. The lowest BCUT2D eigenvalue weighted by atomic mass is 9.80. The Morgan fingerprint density at radius 1 is 1.08 bits per heavy atom. The third-order valence-electron chi connectivity index (χ3n) is 5.38. The van der Waals surface area contributed by atoms with Crippen LogP contribution < -0.4 is 4.90 Å². The first-order valence-corrected chi connectivity index (χ1v) is 8.97. The summed E-state index contributed by atoms with van der Waals surface area (Å²) in [5.74, 6) is -1.43. The summed E-state index contributed by atoms with van der Waals surface area (Å²) in [6.45, 7) is 2.07. The van der Waals surface area contributed by atoms with Gasteiger partial charge in [-0.25, -0.2) is 0 Å². The minimum atomic E-state index is -0.816. The summed E-state index contributed by atoms with van der Waals surface area (Å²) >= 11 is 0. The zero-order valence-electron chi connectivity index (χ0n) is 14.5. The van der Waals surface area contributed by atoms with Gasteiger partial charge in [0.05, 0.1) is 10.8 Å². The highest BCUT2D eigenvalue weighted by molar-refractivity contribution is 5.80. The molecule has 2 unspecified atom stereocenters. The van der Waals surface area contributed by atoms with Crippen LogP contribution in [0.5, 0.6) is 0 Å². The molecule has 1 saturated heterocycles. The topological polar surface area (TPSA) is 104 Å². The highest BCUT2D eigenvalue weighted by Gasteiger charge is 2.34. The number of nitrogens with zero attached hydrogens (tertiary/aromatic N) is 3. The van der Waals surface area contributed by atoms with Gasteiger partial charge in [0.25, 0.3) is 5.69 Å². The second kappa shape index (κ2) is 7.72. The van der Waals surface area contributed by atoms with Crippen LogP contribution in [0.4, 0.5) is 11.4 Å². The van der Waals surface area contributed by atoms with Crippen molar-refractivity contribution in [1.82, 2.24) is 4.90 Å². The van der Waals surface area contributed by atoms with Crippen molar-refractivity contribution in [2.75, 3.05) is 31.1 Å². The Morgan fingerprint density at radius 2 is 1.73 bits per heavy atom. The van der Waals surface area contributed by atoms with Crippen LogP contribution in [0.25, 0.3) is 0 Å². The van der Waals surface area contributed by atoms with Crippen LogP contribution >= 0.6 is 0 Å². The van der Waals surface area contributed by atoms with E-state index in [0.717, 1.165) is 12.8 Å². The lowest BCUT2D eigenvalue weighted by Gasteiger charge is -2.38. The number of carboxylic acids is 1. The second-order valence-corrected chi connectivity index (χ2v) is 6.96. The number of piperazine rings is 1. The smallest absolute Gasteiger partial charge is 0.306 e. The van der Waals surface area contributed by atoms with E-state index < -0.39 is 11.9 Å². The summed E-state index contributed by atoms with van der Waals surface area (Å²) in [4.78, 5) is 38.5. The third kappa shape index (κ3) is 3.79. The molecule has 1 heterocycles. The first-order chi connectivity index (χ1) is 12.5. The van der Waals surface area contributed by atoms with Crippen molar-refractivity contribution in [2.24, 2.45) is 11.8 Å². The molecule has 1 aliphatic carbocycles. The van der Waals surface area contributed by atoms with Crippen LogP contribution in [0.2, 0.25) is 0 Å². The zero-order valence-corrected chi connectivity index (χ0v) is 14.5. The van der Waals surface area contributed by atoms with E-state index in [0.29, 0.717) is 44.7 Å². The molecule has 0 bridgehead atoms. The number of benzene rings is 1. The molecule has 2 atom stereocenters. The molecular weight excluding hydrogens is 338 g/mol. The number of nitro benzene ring substituents is 1. The van der Waals surface area contributed by atoms with Gasteiger partial charge < -0.3 is 14.9 Å². The summed E-state index contributed by atoms with van der Waals surface area (Å²) in [5.41, 5.74) is 0.650. The minimum absolute atomic E-state index is 0.0261. The molecule has 26 heavy (non-hydrogen) atoms. The largest absolute Gasteiger partial charge is 0.481 e. The number of anilines is 1. The van der Waals surface area contributed by atoms with Crippen molar-refractivity contribution in [2.45, 2.75) is 25.7 Å². The van der Waals surface area contributed by atoms with Gasteiger partial charge in [-0.3, -0.25) is 19.7 Å². The maximum absolute atomic E-state index is 12.7. The highest BCUT2D eigenvalue weighted by atomic mass is 16.6. The van der Waals surface area contributed by atoms with Crippen LogP contribution in [-0.2, 0) is 9.59 Å². The molecule has 2 fully saturated rings. The minimum Gasteiger partial charge on any atom is -0.481 e. The van der Waals surface area contributed by atoms with Gasteiger partial charge in [-0.2, -0.15) is 0 Å². The number of carbonyl (C=O) groups is 2. The third-order valence-corrected chi connectivity index (χ3v) is 5.38. The monoisotopic (exact) mass is 361 g/mol. The van der Waals surface area contributed by atoms with Gasteiger partial charge in [-0.05, 0) is 25.3 Å². The van der Waals surface area contributed by atoms with Gasteiger partial charge in [0, 0.05) is 38.2 Å². The van der Waals surface area contributed by atoms with E-state index in [-0.39, 0.29) is 22.4 Å². The second-order valence-electron chi connectivity index (χ2n) is 6.96. The quantitative estimate of drug-likeness (QED) is 0.651. The average molecular weight is 361 g/mol. The Bertz CT molecular complexity index is 700. The van der Waals surface area contributed by atoms with Gasteiger partial charge in [0.15, 0.2) is 0 Å². The molecule has 1 amide bonds. The van der Waals surface area contributed by atoms with Crippen LogP contribution in [0.3, 0.4) is 0 Å². The number of aliphatic carboxylic acids is 1. The van der Waals surface area contributed by atoms with E-state index in [4.69, 9.17) is 0 Å². The number of carboxylic acid groups (broad SMARTS) is 1. The summed E-state index contributed by atoms with van der Waals surface area (Å²) in [5, 5.41) is 20.4. The molecule has 0 radical (unpaired) electrons. The lowest BCUT2D eigenvalue weighted by molar-refractivity contribution is -0.384. The van der Waals surface area contributed by atoms with Gasteiger partial charge in [0.1, 0.15) is 5.69 Å². The van der Waals surface area contributed by atoms with Crippen LogP contribution in [0, 0.1) is 22.0 Å². The Kier molecular flexibility index (Phi) is 5.39. The Labute approximate surface area is 151 Å². The fourth-order valence-electron chi connectivity index (χ4n) is 3.95. The number of carbonyl (C=O) groups excluding carboxylic acids is 1. The standard InChI is InChI=1S/C18H23N3O5/c22-17(13-4-3-5-14(12-13)18(23)24)20-10-8-19(9-11-20)15-6-1-2-7-16(15)21(25)26/h1-2,6-7,13-14H,3-5,8-12H2,(H,23,24). The first-order valence-electron chi connectivity index (χ1n) is 8.97. The molecular formula is C18H23N3O5. The Hall–Kier alpha value is -2.64. The van der Waals surface area contributed by atoms with Crippen molar-refractivity contribution in [1.29, 1.82) is 0 Å². The van der Waals surface area contributed by atoms with E-state index >= 15 is 0 Å². The van der Waals surface area contributed by atoms with E-state index in [2.05, 4.69) is 0 Å². The summed E-state index contributed by atoms with van der Waals surface area (Å²) in [6, 6.07) is 6.63. The van der Waals surface area contributed by atoms with Crippen LogP contribution in [-0.4, -0.2) is 53.0 Å². The van der Waals surface area contributed by atoms with E-state index in [1.54, 1.807) is 23.1 Å². The molecule has 8 nitrogen and oxygen atoms in total. The van der Waals surface area contributed by atoms with Gasteiger partial charge in [-0.15, -0.1) is 0 Å². The maximum atomic E-state index is 12.7. The van der Waals surface area contributed by atoms with E-state index in [1.165, 1.54) is 6.07 Å². The molecule has 140 valence electrons.